The molecule has 2 amide bonds. The molecule has 0 heterocycles. The molecule has 0 radical (unpaired) electrons. The van der Waals surface area contributed by atoms with Gasteiger partial charge in [0.05, 0.1) is 12.2 Å². The van der Waals surface area contributed by atoms with Gasteiger partial charge < -0.3 is 21.3 Å². The van der Waals surface area contributed by atoms with Gasteiger partial charge >= 0.3 is 6.03 Å². The Balaban J connectivity index is 1.57. The van der Waals surface area contributed by atoms with Crippen molar-refractivity contribution < 1.29 is 15.0 Å². The van der Waals surface area contributed by atoms with Crippen LogP contribution in [0.1, 0.15) is 85.5 Å². The molecule has 0 aromatic heterocycles. The fraction of sp³-hybridized carbons (Fsp3) is 0.962. The van der Waals surface area contributed by atoms with Crippen molar-refractivity contribution in [1.82, 2.24) is 5.32 Å². The lowest BCUT2D eigenvalue weighted by Crippen LogP contribution is -2.62. The van der Waals surface area contributed by atoms with Crippen LogP contribution >= 0.6 is 0 Å². The zero-order valence-electron chi connectivity index (χ0n) is 20.1. The number of amides is 2. The van der Waals surface area contributed by atoms with E-state index in [1.54, 1.807) is 0 Å². The maximum Gasteiger partial charge on any atom is 0.312 e. The van der Waals surface area contributed by atoms with E-state index in [-0.39, 0.29) is 23.0 Å². The summed E-state index contributed by atoms with van der Waals surface area (Å²) in [6.07, 6.45) is 9.44. The van der Waals surface area contributed by atoms with Gasteiger partial charge in [-0.15, -0.1) is 0 Å². The Labute approximate surface area is 188 Å². The van der Waals surface area contributed by atoms with E-state index in [4.69, 9.17) is 5.73 Å². The largest absolute Gasteiger partial charge is 0.393 e. The quantitative estimate of drug-likeness (QED) is 0.519. The Morgan fingerprint density at radius 2 is 1.74 bits per heavy atom. The minimum absolute atomic E-state index is 0.185. The number of hydrogen-bond acceptors (Lipinski definition) is 3. The molecule has 4 aliphatic carbocycles. The number of primary amides is 1. The molecule has 2 unspecified atom stereocenters. The molecular weight excluding hydrogens is 388 g/mol. The number of hydrogen-bond donors (Lipinski definition) is 4. The highest BCUT2D eigenvalue weighted by molar-refractivity contribution is 5.71. The second kappa shape index (κ2) is 8.52. The number of urea groups is 1. The molecule has 0 aromatic carbocycles. The van der Waals surface area contributed by atoms with Crippen LogP contribution in [0, 0.1) is 52.3 Å². The molecular formula is C26H46N2O3. The molecule has 0 spiro atoms. The summed E-state index contributed by atoms with van der Waals surface area (Å²) < 4.78 is 0. The molecule has 4 saturated carbocycles. The van der Waals surface area contributed by atoms with Gasteiger partial charge in [-0.05, 0) is 104 Å². The van der Waals surface area contributed by atoms with Crippen LogP contribution in [0.2, 0.25) is 0 Å². The molecule has 4 fully saturated rings. The minimum atomic E-state index is -0.431. The van der Waals surface area contributed by atoms with Crippen molar-refractivity contribution in [1.29, 1.82) is 0 Å². The third-order valence-corrected chi connectivity index (χ3v) is 11.0. The first-order valence-corrected chi connectivity index (χ1v) is 13.0. The molecule has 4 rings (SSSR count). The Morgan fingerprint density at radius 1 is 1.06 bits per heavy atom. The minimum Gasteiger partial charge on any atom is -0.393 e. The summed E-state index contributed by atoms with van der Waals surface area (Å²) in [6.45, 7) is 10.3. The van der Waals surface area contributed by atoms with Gasteiger partial charge in [0.1, 0.15) is 0 Å². The van der Waals surface area contributed by atoms with Crippen LogP contribution in [0.3, 0.4) is 0 Å². The van der Waals surface area contributed by atoms with Gasteiger partial charge in [0.2, 0.25) is 0 Å². The first-order valence-electron chi connectivity index (χ1n) is 13.0. The zero-order chi connectivity index (χ0) is 22.6. The van der Waals surface area contributed by atoms with Crippen LogP contribution in [-0.4, -0.2) is 35.0 Å². The molecule has 0 aliphatic heterocycles. The molecule has 31 heavy (non-hydrogen) atoms. The van der Waals surface area contributed by atoms with Crippen LogP contribution < -0.4 is 11.1 Å². The standard InChI is InChI=1S/C26H46N2O3/c1-5-17-21-14-16(29)8-11-26(21,4)20-9-12-25(3)18(15(2)10-13-28-24(27)31)6-7-19(25)22(20)23(17)30/h15-23,29-30H,5-14H2,1-4H3,(H3,27,28,31)/t15-,16-,17-,18?,19+,20+,21+,22+,23-,25-,26?/m1/s1. The van der Waals surface area contributed by atoms with Gasteiger partial charge in [0.15, 0.2) is 0 Å². The number of fused-ring (bicyclic) bond motifs is 5. The number of carbonyl (C=O) groups excluding carboxylic acids is 1. The second-order valence-electron chi connectivity index (χ2n) is 12.2. The Bertz CT molecular complexity index is 671. The highest BCUT2D eigenvalue weighted by Crippen LogP contribution is 2.69. The second-order valence-corrected chi connectivity index (χ2v) is 12.2. The summed E-state index contributed by atoms with van der Waals surface area (Å²) in [7, 11) is 0. The lowest BCUT2D eigenvalue weighted by Gasteiger charge is -2.64. The Morgan fingerprint density at radius 3 is 2.42 bits per heavy atom. The number of aliphatic hydroxyl groups excluding tert-OH is 2. The summed E-state index contributed by atoms with van der Waals surface area (Å²) in [5, 5.41) is 25.0. The van der Waals surface area contributed by atoms with Crippen molar-refractivity contribution in [3.8, 4) is 0 Å². The fourth-order valence-corrected chi connectivity index (χ4v) is 9.56. The molecule has 0 aromatic rings. The molecule has 5 N–H and O–H groups in total. The van der Waals surface area contributed by atoms with Gasteiger partial charge in [-0.1, -0.05) is 34.1 Å². The highest BCUT2D eigenvalue weighted by Gasteiger charge is 2.64. The van der Waals surface area contributed by atoms with Crippen LogP contribution in [0.4, 0.5) is 4.79 Å². The maximum absolute atomic E-state index is 11.7. The van der Waals surface area contributed by atoms with Crippen molar-refractivity contribution in [3.05, 3.63) is 0 Å². The summed E-state index contributed by atoms with van der Waals surface area (Å²) in [4.78, 5) is 11.1. The van der Waals surface area contributed by atoms with Crippen molar-refractivity contribution in [2.75, 3.05) is 6.54 Å². The first kappa shape index (κ1) is 23.4. The van der Waals surface area contributed by atoms with Gasteiger partial charge in [0.25, 0.3) is 0 Å². The number of rotatable bonds is 5. The molecule has 11 atom stereocenters. The van der Waals surface area contributed by atoms with Crippen molar-refractivity contribution >= 4 is 6.03 Å². The van der Waals surface area contributed by atoms with Gasteiger partial charge in [0, 0.05) is 6.54 Å². The van der Waals surface area contributed by atoms with Crippen molar-refractivity contribution in [3.63, 3.8) is 0 Å². The number of aliphatic hydroxyl groups is 2. The molecule has 4 aliphatic rings. The van der Waals surface area contributed by atoms with Crippen LogP contribution in [0.15, 0.2) is 0 Å². The van der Waals surface area contributed by atoms with E-state index in [1.807, 2.05) is 0 Å². The van der Waals surface area contributed by atoms with E-state index in [2.05, 4.69) is 33.0 Å². The van der Waals surface area contributed by atoms with E-state index in [1.165, 1.54) is 25.7 Å². The third kappa shape index (κ3) is 3.72. The third-order valence-electron chi connectivity index (χ3n) is 11.0. The lowest BCUT2D eigenvalue weighted by molar-refractivity contribution is -0.203. The van der Waals surface area contributed by atoms with Crippen molar-refractivity contribution in [2.45, 2.75) is 97.7 Å². The summed E-state index contributed by atoms with van der Waals surface area (Å²) >= 11 is 0. The van der Waals surface area contributed by atoms with Crippen molar-refractivity contribution in [2.24, 2.45) is 58.0 Å². The average molecular weight is 435 g/mol. The van der Waals surface area contributed by atoms with E-state index >= 15 is 0 Å². The van der Waals surface area contributed by atoms with E-state index < -0.39 is 6.03 Å². The topological polar surface area (TPSA) is 95.6 Å². The average Bonchev–Trinajstić information content (AvgIpc) is 3.06. The summed E-state index contributed by atoms with van der Waals surface area (Å²) in [5.41, 5.74) is 5.81. The molecule has 178 valence electrons. The van der Waals surface area contributed by atoms with Crippen LogP contribution in [-0.2, 0) is 0 Å². The van der Waals surface area contributed by atoms with Gasteiger partial charge in [-0.3, -0.25) is 0 Å². The normalized spacial score (nSPS) is 50.1. The lowest BCUT2D eigenvalue weighted by atomic mass is 9.41. The van der Waals surface area contributed by atoms with E-state index in [0.717, 1.165) is 32.1 Å². The van der Waals surface area contributed by atoms with Crippen LogP contribution in [0.5, 0.6) is 0 Å². The van der Waals surface area contributed by atoms with Crippen LogP contribution in [0.25, 0.3) is 0 Å². The molecule has 0 saturated heterocycles. The van der Waals surface area contributed by atoms with Gasteiger partial charge in [-0.2, -0.15) is 0 Å². The number of nitrogens with one attached hydrogen (secondary N) is 1. The number of nitrogens with two attached hydrogens (primary N) is 1. The summed E-state index contributed by atoms with van der Waals surface area (Å²) in [6, 6.07) is -0.431. The Hall–Kier alpha value is -0.810. The Kier molecular flexibility index (Phi) is 6.42. The summed E-state index contributed by atoms with van der Waals surface area (Å²) in [5.74, 6) is 3.56. The molecule has 5 heteroatoms. The predicted octanol–water partition coefficient (Wildman–Crippen LogP) is 4.31. The fourth-order valence-electron chi connectivity index (χ4n) is 9.56. The first-order chi connectivity index (χ1) is 14.6. The maximum atomic E-state index is 11.7. The van der Waals surface area contributed by atoms with Gasteiger partial charge in [-0.25, -0.2) is 4.79 Å². The smallest absolute Gasteiger partial charge is 0.312 e. The van der Waals surface area contributed by atoms with E-state index in [9.17, 15) is 15.0 Å². The number of carbonyl (C=O) groups is 1. The zero-order valence-corrected chi connectivity index (χ0v) is 20.1. The monoisotopic (exact) mass is 434 g/mol. The molecule has 5 nitrogen and oxygen atoms in total. The highest BCUT2D eigenvalue weighted by atomic mass is 16.3. The van der Waals surface area contributed by atoms with E-state index in [0.29, 0.717) is 48.0 Å². The molecule has 0 bridgehead atoms. The SMILES string of the molecule is CC[C@H]1[C@@H](O)[C@@H]2[C@H](CC[C@]3(C)C([C@H](C)CCNC(N)=O)CC[C@@H]23)C2(C)CC[C@@H](O)C[C@@H]12. The predicted molar refractivity (Wildman–Crippen MR) is 123 cm³/mol.